The van der Waals surface area contributed by atoms with Crippen molar-refractivity contribution in [1.29, 1.82) is 0 Å². The molecule has 0 spiro atoms. The minimum atomic E-state index is -4.95. The molecule has 5 unspecified atom stereocenters. The maximum Gasteiger partial charge on any atom is 0.472 e. The summed E-state index contributed by atoms with van der Waals surface area (Å²) in [7, 11) is -9.82. The minimum absolute atomic E-state index is 0.0978. The van der Waals surface area contributed by atoms with E-state index in [9.17, 15) is 43.5 Å². The first-order valence-corrected chi connectivity index (χ1v) is 54.8. The fourth-order valence-electron chi connectivity index (χ4n) is 14.4. The summed E-state index contributed by atoms with van der Waals surface area (Å²) in [6.07, 6.45) is 130. The Morgan fingerprint density at radius 3 is 0.661 bits per heavy atom. The summed E-state index contributed by atoms with van der Waals surface area (Å²) in [6, 6.07) is 0. The number of aliphatic hydroxyl groups is 2. The molecule has 0 radical (unpaired) electrons. The molecule has 5 atom stereocenters. The molecule has 0 aromatic heterocycles. The van der Waals surface area contributed by atoms with Gasteiger partial charge in [0.05, 0.1) is 26.4 Å². The van der Waals surface area contributed by atoms with Gasteiger partial charge >= 0.3 is 33.6 Å². The molecule has 0 saturated carbocycles. The molecule has 16 nitrogen and oxygen atoms in total. The molecule has 0 aliphatic rings. The van der Waals surface area contributed by atoms with E-state index < -0.39 is 91.5 Å². The van der Waals surface area contributed by atoms with Crippen molar-refractivity contribution < 1.29 is 75.8 Å². The molecule has 4 N–H and O–H groups in total. The first-order valence-electron chi connectivity index (χ1n) is 51.8. The Morgan fingerprint density at radius 1 is 0.228 bits per heavy atom. The number of esters is 3. The lowest BCUT2D eigenvalue weighted by molar-refractivity contribution is -0.161. The van der Waals surface area contributed by atoms with Crippen LogP contribution in [0.2, 0.25) is 0 Å². The lowest BCUT2D eigenvalue weighted by Crippen LogP contribution is -2.30. The van der Waals surface area contributed by atoms with Gasteiger partial charge in [-0.05, 0) is 154 Å². The predicted molar refractivity (Wildman–Crippen MR) is 537 cm³/mol. The highest BCUT2D eigenvalue weighted by atomic mass is 31.2. The van der Waals surface area contributed by atoms with Gasteiger partial charge in [0.1, 0.15) is 25.4 Å². The van der Waals surface area contributed by atoms with Gasteiger partial charge in [-0.1, -0.05) is 442 Å². The van der Waals surface area contributed by atoms with Crippen molar-refractivity contribution in [2.45, 2.75) is 476 Å². The normalized spacial score (nSPS) is 14.3. The molecule has 0 aromatic rings. The Hall–Kier alpha value is -4.83. The number of carbonyl (C=O) groups is 3. The molecule has 0 rings (SSSR count). The number of carbonyl (C=O) groups excluding carboxylic acids is 3. The summed E-state index contributed by atoms with van der Waals surface area (Å²) in [6.45, 7) is 2.59. The number of phosphoric acid groups is 2. The third-order valence-corrected chi connectivity index (χ3v) is 24.1. The third-order valence-electron chi connectivity index (χ3n) is 22.2. The molecular weight excluding hydrogens is 1630 g/mol. The van der Waals surface area contributed by atoms with Gasteiger partial charge in [0, 0.05) is 19.3 Å². The number of rotatable bonds is 98. The fourth-order valence-corrected chi connectivity index (χ4v) is 16.0. The van der Waals surface area contributed by atoms with Crippen LogP contribution in [0.5, 0.6) is 0 Å². The van der Waals surface area contributed by atoms with E-state index in [2.05, 4.69) is 179 Å². The van der Waals surface area contributed by atoms with E-state index >= 15 is 0 Å². The zero-order chi connectivity index (χ0) is 92.1. The van der Waals surface area contributed by atoms with Gasteiger partial charge in [0.2, 0.25) is 0 Å². The second-order valence-electron chi connectivity index (χ2n) is 34.6. The molecule has 0 saturated heterocycles. The second-order valence-corrected chi connectivity index (χ2v) is 37.5. The second kappa shape index (κ2) is 100. The van der Waals surface area contributed by atoms with Crippen LogP contribution < -0.4 is 0 Å². The highest BCUT2D eigenvalue weighted by Crippen LogP contribution is 2.45. The summed E-state index contributed by atoms with van der Waals surface area (Å²) in [5.41, 5.74) is 0. The smallest absolute Gasteiger partial charge is 0.463 e. The lowest BCUT2D eigenvalue weighted by atomic mass is 10.0. The Labute approximate surface area is 778 Å². The number of unbranched alkanes of at least 4 members (excludes halogenated alkanes) is 49. The van der Waals surface area contributed by atoms with Gasteiger partial charge in [-0.25, -0.2) is 9.13 Å². The van der Waals surface area contributed by atoms with Crippen molar-refractivity contribution in [3.05, 3.63) is 158 Å². The van der Waals surface area contributed by atoms with Gasteiger partial charge < -0.3 is 34.2 Å². The van der Waals surface area contributed by atoms with Crippen LogP contribution in [0.15, 0.2) is 158 Å². The van der Waals surface area contributed by atoms with Crippen LogP contribution in [-0.2, 0) is 55.8 Å². The molecule has 0 amide bonds. The van der Waals surface area contributed by atoms with Crippen LogP contribution in [0.25, 0.3) is 0 Å². The monoisotopic (exact) mass is 1820 g/mol. The first-order chi connectivity index (χ1) is 62.2. The quantitative estimate of drug-likeness (QED) is 0.0146. The Bertz CT molecular complexity index is 2940. The third kappa shape index (κ3) is 102. The van der Waals surface area contributed by atoms with E-state index in [0.29, 0.717) is 19.3 Å². The number of hydrogen-bond donors (Lipinski definition) is 4. The molecule has 732 valence electrons. The van der Waals surface area contributed by atoms with Crippen LogP contribution in [0.4, 0.5) is 0 Å². The molecule has 0 aliphatic heterocycles. The molecule has 0 heterocycles. The van der Waals surface area contributed by atoms with E-state index in [0.717, 1.165) is 154 Å². The van der Waals surface area contributed by atoms with Crippen LogP contribution in [-0.4, -0.2) is 95.9 Å². The Balaban J connectivity index is 4.57. The molecule has 0 aromatic carbocycles. The predicted octanol–water partition coefficient (Wildman–Crippen LogP) is 32.8. The van der Waals surface area contributed by atoms with Crippen molar-refractivity contribution in [3.63, 3.8) is 0 Å². The molecule has 0 fully saturated rings. The molecule has 0 bridgehead atoms. The van der Waals surface area contributed by atoms with Crippen LogP contribution in [0, 0.1) is 0 Å². The summed E-state index contributed by atoms with van der Waals surface area (Å²) in [4.78, 5) is 59.2. The molecular formula is C109H190O16P2. The number of aliphatic hydroxyl groups excluding tert-OH is 2. The van der Waals surface area contributed by atoms with Crippen molar-refractivity contribution in [3.8, 4) is 0 Å². The summed E-state index contributed by atoms with van der Waals surface area (Å²) >= 11 is 0. The maximum absolute atomic E-state index is 13.1. The Kier molecular flexibility index (Phi) is 96.4. The van der Waals surface area contributed by atoms with Gasteiger partial charge in [0.15, 0.2) is 6.10 Å². The van der Waals surface area contributed by atoms with Gasteiger partial charge in [0.25, 0.3) is 0 Å². The van der Waals surface area contributed by atoms with Gasteiger partial charge in [-0.3, -0.25) is 32.5 Å². The first kappa shape index (κ1) is 122. The van der Waals surface area contributed by atoms with E-state index in [1.165, 1.54) is 244 Å². The van der Waals surface area contributed by atoms with Gasteiger partial charge in [-0.2, -0.15) is 0 Å². The SMILES string of the molecule is CC/C=C\C/C=C\C/C=C\C/C=C\C/C=C\CCCCCCCCCCCCCC(=O)OC(COC(=O)CCCCCCCCCCCCCCC/C=C\C/C=C\C/C=C\C/C=C\CCCCC)COP(=O)(O)OCC(O)COP(=O)(O)OCC(O)COC(=O)CCCCCCCCCCCCCCCCCCCCC/C=C\C/C=C\C/C=C\C/C=C\CCCCC. The zero-order valence-corrected chi connectivity index (χ0v) is 82.9. The lowest BCUT2D eigenvalue weighted by Gasteiger charge is -2.21. The maximum atomic E-state index is 13.1. The van der Waals surface area contributed by atoms with Crippen LogP contribution in [0.3, 0.4) is 0 Å². The van der Waals surface area contributed by atoms with E-state index in [-0.39, 0.29) is 19.3 Å². The Morgan fingerprint density at radius 2 is 0.417 bits per heavy atom. The number of ether oxygens (including phenoxy) is 3. The average molecular weight is 1820 g/mol. The topological polar surface area (TPSA) is 231 Å². The average Bonchev–Trinajstić information content (AvgIpc) is 0.897. The van der Waals surface area contributed by atoms with Crippen LogP contribution >= 0.6 is 15.6 Å². The standard InChI is InChI=1S/C109H190O16P2/c1-4-7-10-13-16-19-22-25-28-31-34-37-40-43-46-48-49-50-51-52-53-55-58-59-62-65-68-71-74-77-80-83-86-89-92-95-107(112)119-98-104(110)99-121-126(115,116)122-100-105(111)101-123-127(117,118)124-103-106(125-109(114)97-94-91-88-85-82-79-76-73-70-67-64-61-56-45-42-39-36-33-30-27-24-21-18-15-12-9-6-3)102-120-108(113)96-93-90-87-84-81-78-75-72-69-66-63-60-57-54-47-44-41-38-35-32-29-26-23-20-17-14-11-8-5-2/h9,12,16-21,25-30,34-39,43-47,56,104-106,110-111H,4-8,10-11,13-15,22-24,31-33,40-42,48-55,57-103H2,1-3H3,(H,115,116)(H,117,118)/b12-9-,19-16-,20-17-,21-18-,28-25-,29-26-,30-27-,37-34-,38-35-,39-36-,46-43-,47-44-,56-45-. The van der Waals surface area contributed by atoms with Gasteiger partial charge in [-0.15, -0.1) is 0 Å². The summed E-state index contributed by atoms with van der Waals surface area (Å²) in [5.74, 6) is -1.56. The van der Waals surface area contributed by atoms with E-state index in [4.69, 9.17) is 32.3 Å². The van der Waals surface area contributed by atoms with Crippen LogP contribution in [0.1, 0.15) is 457 Å². The van der Waals surface area contributed by atoms with Crippen molar-refractivity contribution in [2.24, 2.45) is 0 Å². The highest BCUT2D eigenvalue weighted by Gasteiger charge is 2.30. The largest absolute Gasteiger partial charge is 0.472 e. The zero-order valence-electron chi connectivity index (χ0n) is 81.2. The van der Waals surface area contributed by atoms with Crippen molar-refractivity contribution in [1.82, 2.24) is 0 Å². The highest BCUT2D eigenvalue weighted by molar-refractivity contribution is 7.47. The number of phosphoric ester groups is 2. The summed E-state index contributed by atoms with van der Waals surface area (Å²) < 4.78 is 61.7. The number of allylic oxidation sites excluding steroid dienone is 26. The van der Waals surface area contributed by atoms with E-state index in [1.807, 2.05) is 0 Å². The molecule has 18 heteroatoms. The summed E-state index contributed by atoms with van der Waals surface area (Å²) in [5, 5.41) is 20.8. The fraction of sp³-hybridized carbons (Fsp3) is 0.734. The number of hydrogen-bond acceptors (Lipinski definition) is 14. The van der Waals surface area contributed by atoms with Crippen molar-refractivity contribution >= 4 is 33.6 Å². The minimum Gasteiger partial charge on any atom is -0.463 e. The van der Waals surface area contributed by atoms with E-state index in [1.54, 1.807) is 0 Å². The molecule has 127 heavy (non-hydrogen) atoms. The molecule has 0 aliphatic carbocycles. The van der Waals surface area contributed by atoms with Crippen molar-refractivity contribution in [2.75, 3.05) is 39.6 Å².